The average molecular weight is 340 g/mol. The van der Waals surface area contributed by atoms with E-state index < -0.39 is 11.8 Å². The second-order valence-electron chi connectivity index (χ2n) is 4.23. The molecule has 0 spiro atoms. The van der Waals surface area contributed by atoms with Crippen LogP contribution in [0.3, 0.4) is 0 Å². The van der Waals surface area contributed by atoms with Gasteiger partial charge in [0, 0.05) is 5.02 Å². The molecule has 1 aromatic carbocycles. The van der Waals surface area contributed by atoms with Crippen LogP contribution in [0.1, 0.15) is 11.5 Å². The average Bonchev–Trinajstić information content (AvgIpc) is 2.87. The van der Waals surface area contributed by atoms with Gasteiger partial charge in [-0.3, -0.25) is 9.59 Å². The van der Waals surface area contributed by atoms with E-state index in [0.717, 1.165) is 0 Å². The van der Waals surface area contributed by atoms with Crippen LogP contribution in [0.5, 0.6) is 0 Å². The number of nitrogens with one attached hydrogen (secondary N) is 2. The molecule has 0 fully saturated rings. The minimum absolute atomic E-state index is 0.225. The van der Waals surface area contributed by atoms with E-state index in [1.165, 1.54) is 18.3 Å². The number of carbonyl (C=O) groups is 2. The molecule has 0 unspecified atom stereocenters. The summed E-state index contributed by atoms with van der Waals surface area (Å²) < 4.78 is 5.22. The summed E-state index contributed by atoms with van der Waals surface area (Å²) in [6, 6.07) is 7.91. The molecule has 2 rings (SSSR count). The van der Waals surface area contributed by atoms with Gasteiger partial charge in [0.05, 0.1) is 16.9 Å². The summed E-state index contributed by atoms with van der Waals surface area (Å²) in [5, 5.41) is 6.62. The molecule has 0 bridgehead atoms. The molecule has 0 saturated carbocycles. The third-order valence-corrected chi connectivity index (χ3v) is 3.05. The number of hydrazone groups is 1. The van der Waals surface area contributed by atoms with Crippen LogP contribution in [0.4, 0.5) is 5.69 Å². The first-order valence-electron chi connectivity index (χ1n) is 6.11. The normalized spacial score (nSPS) is 10.7. The monoisotopic (exact) mass is 339 g/mol. The van der Waals surface area contributed by atoms with Crippen molar-refractivity contribution in [1.29, 1.82) is 0 Å². The van der Waals surface area contributed by atoms with E-state index in [1.807, 2.05) is 0 Å². The maximum Gasteiger partial charge on any atom is 0.329 e. The van der Waals surface area contributed by atoms with Crippen LogP contribution in [-0.4, -0.2) is 18.0 Å². The third kappa shape index (κ3) is 4.34. The van der Waals surface area contributed by atoms with Crippen molar-refractivity contribution in [2.75, 3.05) is 5.32 Å². The van der Waals surface area contributed by atoms with Crippen molar-refractivity contribution in [3.05, 3.63) is 51.9 Å². The molecule has 0 aliphatic heterocycles. The molecular formula is C14H11Cl2N3O3. The summed E-state index contributed by atoms with van der Waals surface area (Å²) in [4.78, 5) is 23.3. The number of aryl methyl sites for hydroxylation is 1. The van der Waals surface area contributed by atoms with Gasteiger partial charge in [0.2, 0.25) is 0 Å². The molecule has 22 heavy (non-hydrogen) atoms. The molecule has 0 radical (unpaired) electrons. The second kappa shape index (κ2) is 7.11. The Hall–Kier alpha value is -2.31. The Morgan fingerprint density at radius 1 is 1.18 bits per heavy atom. The molecule has 2 aromatic rings. The first-order valence-corrected chi connectivity index (χ1v) is 6.87. The van der Waals surface area contributed by atoms with Crippen molar-refractivity contribution in [1.82, 2.24) is 5.43 Å². The molecule has 0 atom stereocenters. The summed E-state index contributed by atoms with van der Waals surface area (Å²) in [6.07, 6.45) is 1.29. The highest BCUT2D eigenvalue weighted by molar-refractivity contribution is 6.42. The lowest BCUT2D eigenvalue weighted by molar-refractivity contribution is -0.136. The van der Waals surface area contributed by atoms with Gasteiger partial charge < -0.3 is 9.73 Å². The number of carbonyl (C=O) groups excluding carboxylic acids is 2. The van der Waals surface area contributed by atoms with Crippen molar-refractivity contribution in [2.45, 2.75) is 6.92 Å². The van der Waals surface area contributed by atoms with Gasteiger partial charge in [-0.25, -0.2) is 5.43 Å². The lowest BCUT2D eigenvalue weighted by Crippen LogP contribution is -2.32. The zero-order valence-corrected chi connectivity index (χ0v) is 12.9. The van der Waals surface area contributed by atoms with Crippen LogP contribution in [0.25, 0.3) is 0 Å². The predicted molar refractivity (Wildman–Crippen MR) is 84.3 cm³/mol. The Morgan fingerprint density at radius 2 is 1.95 bits per heavy atom. The minimum Gasteiger partial charge on any atom is -0.460 e. The highest BCUT2D eigenvalue weighted by atomic mass is 35.5. The van der Waals surface area contributed by atoms with Gasteiger partial charge >= 0.3 is 11.8 Å². The number of furan rings is 1. The van der Waals surface area contributed by atoms with Crippen LogP contribution in [0, 0.1) is 6.92 Å². The van der Waals surface area contributed by atoms with Crippen LogP contribution in [0.2, 0.25) is 10.0 Å². The summed E-state index contributed by atoms with van der Waals surface area (Å²) in [6.45, 7) is 1.78. The topological polar surface area (TPSA) is 83.7 Å². The minimum atomic E-state index is -0.939. The van der Waals surface area contributed by atoms with Gasteiger partial charge in [-0.2, -0.15) is 5.10 Å². The van der Waals surface area contributed by atoms with E-state index in [2.05, 4.69) is 15.8 Å². The number of rotatable bonds is 3. The fourth-order valence-electron chi connectivity index (χ4n) is 1.50. The maximum absolute atomic E-state index is 11.7. The molecule has 2 N–H and O–H groups in total. The van der Waals surface area contributed by atoms with E-state index in [0.29, 0.717) is 16.5 Å². The molecule has 8 heteroatoms. The Balaban J connectivity index is 1.92. The summed E-state index contributed by atoms with van der Waals surface area (Å²) in [7, 11) is 0. The zero-order valence-electron chi connectivity index (χ0n) is 11.4. The van der Waals surface area contributed by atoms with Gasteiger partial charge in [0.15, 0.2) is 0 Å². The molecule has 0 aliphatic carbocycles. The Labute approximate surface area is 136 Å². The largest absolute Gasteiger partial charge is 0.460 e. The van der Waals surface area contributed by atoms with E-state index >= 15 is 0 Å². The Morgan fingerprint density at radius 3 is 2.59 bits per heavy atom. The Kier molecular flexibility index (Phi) is 5.19. The second-order valence-corrected chi connectivity index (χ2v) is 5.07. The third-order valence-electron chi connectivity index (χ3n) is 2.50. The van der Waals surface area contributed by atoms with Crippen LogP contribution >= 0.6 is 23.2 Å². The lowest BCUT2D eigenvalue weighted by atomic mass is 10.3. The van der Waals surface area contributed by atoms with Crippen molar-refractivity contribution in [3.8, 4) is 0 Å². The van der Waals surface area contributed by atoms with Gasteiger partial charge in [-0.15, -0.1) is 0 Å². The summed E-state index contributed by atoms with van der Waals surface area (Å²) in [5.74, 6) is -0.676. The standard InChI is InChI=1S/C14H11Cl2N3O3/c1-8-2-4-10(22-8)7-17-19-14(21)13(20)18-12-5-3-9(15)6-11(12)16/h2-7H,1H3,(H,18,20)(H,19,21)/b17-7+. The molecule has 114 valence electrons. The van der Waals surface area contributed by atoms with Crippen LogP contribution in [0.15, 0.2) is 39.9 Å². The number of hydrogen-bond donors (Lipinski definition) is 2. The fraction of sp³-hybridized carbons (Fsp3) is 0.0714. The summed E-state index contributed by atoms with van der Waals surface area (Å²) in [5.41, 5.74) is 2.36. The first kappa shape index (κ1) is 16.1. The number of nitrogens with zero attached hydrogens (tertiary/aromatic N) is 1. The maximum atomic E-state index is 11.7. The quantitative estimate of drug-likeness (QED) is 0.512. The van der Waals surface area contributed by atoms with E-state index in [-0.39, 0.29) is 10.7 Å². The number of hydrogen-bond acceptors (Lipinski definition) is 4. The SMILES string of the molecule is Cc1ccc(/C=N/NC(=O)C(=O)Nc2ccc(Cl)cc2Cl)o1. The number of halogens is 2. The van der Waals surface area contributed by atoms with Gasteiger partial charge in [0.1, 0.15) is 11.5 Å². The Bertz CT molecular complexity index is 741. The van der Waals surface area contributed by atoms with Crippen molar-refractivity contribution in [3.63, 3.8) is 0 Å². The highest BCUT2D eigenvalue weighted by Crippen LogP contribution is 2.25. The van der Waals surface area contributed by atoms with Crippen molar-refractivity contribution < 1.29 is 14.0 Å². The van der Waals surface area contributed by atoms with E-state index in [9.17, 15) is 9.59 Å². The first-order chi connectivity index (χ1) is 10.5. The van der Waals surface area contributed by atoms with Crippen molar-refractivity contribution in [2.24, 2.45) is 5.10 Å². The lowest BCUT2D eigenvalue weighted by Gasteiger charge is -2.06. The van der Waals surface area contributed by atoms with Gasteiger partial charge in [-0.1, -0.05) is 23.2 Å². The molecule has 0 aliphatic rings. The van der Waals surface area contributed by atoms with Gasteiger partial charge in [-0.05, 0) is 37.3 Å². The number of amides is 2. The molecule has 1 aromatic heterocycles. The van der Waals surface area contributed by atoms with Crippen LogP contribution in [-0.2, 0) is 9.59 Å². The molecule has 6 nitrogen and oxygen atoms in total. The molecule has 1 heterocycles. The van der Waals surface area contributed by atoms with Crippen LogP contribution < -0.4 is 10.7 Å². The molecular weight excluding hydrogens is 329 g/mol. The predicted octanol–water partition coefficient (Wildman–Crippen LogP) is 2.98. The zero-order chi connectivity index (χ0) is 16.1. The molecule has 2 amide bonds. The number of benzene rings is 1. The smallest absolute Gasteiger partial charge is 0.329 e. The molecule has 0 saturated heterocycles. The fourth-order valence-corrected chi connectivity index (χ4v) is 1.95. The van der Waals surface area contributed by atoms with Crippen molar-refractivity contribution >= 4 is 46.9 Å². The van der Waals surface area contributed by atoms with Gasteiger partial charge in [0.25, 0.3) is 0 Å². The number of anilines is 1. The van der Waals surface area contributed by atoms with E-state index in [1.54, 1.807) is 25.1 Å². The van der Waals surface area contributed by atoms with E-state index in [4.69, 9.17) is 27.6 Å². The summed E-state index contributed by atoms with van der Waals surface area (Å²) >= 11 is 11.6. The highest BCUT2D eigenvalue weighted by Gasteiger charge is 2.14.